The fourth-order valence-electron chi connectivity index (χ4n) is 1.63. The van der Waals surface area contributed by atoms with Crippen LogP contribution < -0.4 is 0 Å². The van der Waals surface area contributed by atoms with E-state index in [1.165, 1.54) is 13.0 Å². The Balaban J connectivity index is -0.000000262. The van der Waals surface area contributed by atoms with Crippen LogP contribution in [0, 0.1) is 13.8 Å². The van der Waals surface area contributed by atoms with Crippen LogP contribution in [0.1, 0.15) is 53.9 Å². The molecule has 19 heavy (non-hydrogen) atoms. The van der Waals surface area contributed by atoms with Gasteiger partial charge in [0.15, 0.2) is 0 Å². The molecule has 0 unspecified atom stereocenters. The topological polar surface area (TPSA) is 6.48 Å². The first kappa shape index (κ1) is 24.6. The molecule has 0 aliphatic rings. The number of nitrogens with zero attached hydrogens (tertiary/aromatic N) is 2. The molecular weight excluding hydrogens is 286 g/mol. The summed E-state index contributed by atoms with van der Waals surface area (Å²) in [5.74, 6) is 0. The van der Waals surface area contributed by atoms with Gasteiger partial charge < -0.3 is 23.6 Å². The molecule has 0 aromatic carbocycles. The minimum atomic E-state index is 0. The third-order valence-electron chi connectivity index (χ3n) is 3.08. The summed E-state index contributed by atoms with van der Waals surface area (Å²) in [5.41, 5.74) is 0. The van der Waals surface area contributed by atoms with Crippen molar-refractivity contribution in [2.24, 2.45) is 0 Å². The van der Waals surface area contributed by atoms with Gasteiger partial charge in [-0.15, -0.1) is 0 Å². The molecule has 0 N–H and O–H groups in total. The molecule has 0 aromatic heterocycles. The van der Waals surface area contributed by atoms with Gasteiger partial charge in [-0.05, 0) is 60.8 Å². The van der Waals surface area contributed by atoms with Gasteiger partial charge >= 0.3 is 19.5 Å². The van der Waals surface area contributed by atoms with Crippen LogP contribution in [-0.2, 0) is 19.5 Å². The van der Waals surface area contributed by atoms with Crippen molar-refractivity contribution in [3.8, 4) is 0 Å². The number of hydrogen-bond acceptors (Lipinski definition) is 2. The van der Waals surface area contributed by atoms with Crippen molar-refractivity contribution in [1.82, 2.24) is 9.80 Å². The van der Waals surface area contributed by atoms with Crippen LogP contribution in [0.4, 0.5) is 0 Å². The summed E-state index contributed by atoms with van der Waals surface area (Å²) in [4.78, 5) is 4.75. The molecule has 3 heteroatoms. The van der Waals surface area contributed by atoms with Gasteiger partial charge in [0.25, 0.3) is 0 Å². The minimum absolute atomic E-state index is 0. The Morgan fingerprint density at radius 2 is 1.32 bits per heavy atom. The normalized spacial score (nSPS) is 10.7. The second-order valence-electron chi connectivity index (χ2n) is 5.41. The molecule has 0 atom stereocenters. The van der Waals surface area contributed by atoms with Crippen molar-refractivity contribution in [3.05, 3.63) is 13.8 Å². The third kappa shape index (κ3) is 16.5. The van der Waals surface area contributed by atoms with Crippen LogP contribution in [0.5, 0.6) is 0 Å². The first-order valence-electron chi connectivity index (χ1n) is 7.43. The van der Waals surface area contributed by atoms with E-state index < -0.39 is 0 Å². The van der Waals surface area contributed by atoms with E-state index >= 15 is 0 Å². The molecule has 0 amide bonds. The second kappa shape index (κ2) is 16.6. The van der Waals surface area contributed by atoms with E-state index in [0.29, 0.717) is 12.1 Å². The Labute approximate surface area is 136 Å². The Bertz CT molecular complexity index is 155. The summed E-state index contributed by atoms with van der Waals surface area (Å²) >= 11 is 0. The Morgan fingerprint density at radius 3 is 1.53 bits per heavy atom. The van der Waals surface area contributed by atoms with Gasteiger partial charge in [-0.2, -0.15) is 12.8 Å². The minimum Gasteiger partial charge on any atom is -0.342 e. The van der Waals surface area contributed by atoms with Crippen LogP contribution in [-0.4, -0.2) is 48.6 Å². The monoisotopic (exact) mass is 320 g/mol. The molecule has 2 nitrogen and oxygen atoms in total. The summed E-state index contributed by atoms with van der Waals surface area (Å²) in [6.07, 6.45) is 3.28. The van der Waals surface area contributed by atoms with Crippen LogP contribution in [0.2, 0.25) is 0 Å². The van der Waals surface area contributed by atoms with Crippen molar-refractivity contribution in [2.45, 2.75) is 66.0 Å². The molecule has 112 valence electrons. The van der Waals surface area contributed by atoms with Crippen molar-refractivity contribution in [1.29, 1.82) is 0 Å². The standard InChI is InChI=1S/C9H20N.C7H16N.Zn/c1-5-7-10(8-6-2)9(3)4;1-5-6-8(4)7(2)3;/h9H,1,5-8H2,2-4H3;7H,1,5-6H2,2-4H3;/q2*-1;+2. The molecule has 0 aliphatic heterocycles. The van der Waals surface area contributed by atoms with Gasteiger partial charge in [-0.3, -0.25) is 0 Å². The van der Waals surface area contributed by atoms with E-state index in [1.54, 1.807) is 0 Å². The molecule has 0 saturated heterocycles. The van der Waals surface area contributed by atoms with E-state index in [2.05, 4.69) is 65.3 Å². The molecule has 0 bridgehead atoms. The predicted molar refractivity (Wildman–Crippen MR) is 84.7 cm³/mol. The fourth-order valence-corrected chi connectivity index (χ4v) is 1.63. The fraction of sp³-hybridized carbons (Fsp3) is 0.875. The molecule has 0 fully saturated rings. The zero-order valence-electron chi connectivity index (χ0n) is 14.4. The Kier molecular flexibility index (Phi) is 21.4. The maximum absolute atomic E-state index is 3.85. The largest absolute Gasteiger partial charge is 2.00 e. The average Bonchev–Trinajstić information content (AvgIpc) is 2.29. The van der Waals surface area contributed by atoms with Crippen molar-refractivity contribution in [3.63, 3.8) is 0 Å². The summed E-state index contributed by atoms with van der Waals surface area (Å²) in [6, 6.07) is 1.35. The van der Waals surface area contributed by atoms with Crippen molar-refractivity contribution in [2.75, 3.05) is 26.7 Å². The molecule has 0 radical (unpaired) electrons. The first-order chi connectivity index (χ1) is 8.40. The van der Waals surface area contributed by atoms with Gasteiger partial charge in [0, 0.05) is 12.1 Å². The van der Waals surface area contributed by atoms with Gasteiger partial charge in [0.05, 0.1) is 0 Å². The van der Waals surface area contributed by atoms with E-state index in [1.807, 2.05) is 0 Å². The van der Waals surface area contributed by atoms with Crippen LogP contribution in [0.3, 0.4) is 0 Å². The SMILES string of the molecule is [CH2-]CCN(C)C(C)C.[CH2-]CCN(CCC)C(C)C.[Zn+2]. The zero-order chi connectivity index (χ0) is 14.6. The van der Waals surface area contributed by atoms with E-state index in [0.717, 1.165) is 25.9 Å². The molecule has 0 aromatic rings. The summed E-state index contributed by atoms with van der Waals surface area (Å²) in [6.45, 7) is 22.2. The van der Waals surface area contributed by atoms with E-state index in [-0.39, 0.29) is 19.5 Å². The van der Waals surface area contributed by atoms with E-state index in [4.69, 9.17) is 0 Å². The molecule has 0 heterocycles. The molecule has 0 saturated carbocycles. The molecule has 0 rings (SSSR count). The van der Waals surface area contributed by atoms with Crippen molar-refractivity contribution < 1.29 is 19.5 Å². The molecule has 0 spiro atoms. The van der Waals surface area contributed by atoms with Crippen LogP contribution in [0.25, 0.3) is 0 Å². The number of hydrogen-bond donors (Lipinski definition) is 0. The van der Waals surface area contributed by atoms with E-state index in [9.17, 15) is 0 Å². The Morgan fingerprint density at radius 1 is 0.842 bits per heavy atom. The average molecular weight is 322 g/mol. The summed E-state index contributed by atoms with van der Waals surface area (Å²) in [5, 5.41) is 0. The van der Waals surface area contributed by atoms with Gasteiger partial charge in [-0.1, -0.05) is 6.92 Å². The predicted octanol–water partition coefficient (Wildman–Crippen LogP) is 3.88. The molecular formula is C16H36N2Zn. The van der Waals surface area contributed by atoms with Crippen molar-refractivity contribution >= 4 is 0 Å². The van der Waals surface area contributed by atoms with Crippen LogP contribution in [0.15, 0.2) is 0 Å². The van der Waals surface area contributed by atoms with Gasteiger partial charge in [0.1, 0.15) is 0 Å². The summed E-state index contributed by atoms with van der Waals surface area (Å²) < 4.78 is 0. The summed E-state index contributed by atoms with van der Waals surface area (Å²) in [7, 11) is 2.12. The molecule has 0 aliphatic carbocycles. The van der Waals surface area contributed by atoms with Gasteiger partial charge in [0.2, 0.25) is 0 Å². The smallest absolute Gasteiger partial charge is 0.342 e. The number of rotatable bonds is 8. The Hall–Kier alpha value is 0.543. The van der Waals surface area contributed by atoms with Gasteiger partial charge in [-0.25, -0.2) is 0 Å². The second-order valence-corrected chi connectivity index (χ2v) is 5.41. The first-order valence-corrected chi connectivity index (χ1v) is 7.43. The van der Waals surface area contributed by atoms with Crippen LogP contribution >= 0.6 is 0 Å². The maximum Gasteiger partial charge on any atom is 2.00 e. The quantitative estimate of drug-likeness (QED) is 0.494. The zero-order valence-corrected chi connectivity index (χ0v) is 17.4. The third-order valence-corrected chi connectivity index (χ3v) is 3.08. The maximum atomic E-state index is 3.85.